The number of carboxylic acids is 1. The summed E-state index contributed by atoms with van der Waals surface area (Å²) in [5.74, 6) is -0.988. The van der Waals surface area contributed by atoms with Gasteiger partial charge in [-0.1, -0.05) is 11.6 Å². The second kappa shape index (κ2) is 6.90. The number of rotatable bonds is 5. The average molecular weight is 303 g/mol. The Labute approximate surface area is 128 Å². The smallest absolute Gasteiger partial charge is 0.328 e. The van der Waals surface area contributed by atoms with Crippen molar-refractivity contribution >= 4 is 29.3 Å². The van der Waals surface area contributed by atoms with E-state index in [1.165, 1.54) is 0 Å². The van der Waals surface area contributed by atoms with Crippen molar-refractivity contribution < 1.29 is 9.90 Å². The molecule has 1 heterocycles. The number of anilines is 1. The molecule has 0 aliphatic heterocycles. The van der Waals surface area contributed by atoms with Crippen LogP contribution in [0.1, 0.15) is 11.1 Å². The monoisotopic (exact) mass is 302 g/mol. The number of nitrogens with zero attached hydrogens (tertiary/aromatic N) is 2. The second-order valence-corrected chi connectivity index (χ2v) is 5.02. The minimum Gasteiger partial charge on any atom is -0.478 e. The van der Waals surface area contributed by atoms with E-state index in [2.05, 4.69) is 4.98 Å². The van der Waals surface area contributed by atoms with Crippen LogP contribution in [0.5, 0.6) is 0 Å². The van der Waals surface area contributed by atoms with Crippen LogP contribution in [0.2, 0.25) is 5.02 Å². The molecular weight excluding hydrogens is 288 g/mol. The third-order valence-corrected chi connectivity index (χ3v) is 3.21. The van der Waals surface area contributed by atoms with E-state index in [0.29, 0.717) is 11.6 Å². The Balaban J connectivity index is 2.27. The van der Waals surface area contributed by atoms with Crippen LogP contribution in [0.15, 0.2) is 48.8 Å². The summed E-state index contributed by atoms with van der Waals surface area (Å²) in [6, 6.07) is 9.31. The summed E-state index contributed by atoms with van der Waals surface area (Å²) in [5, 5.41) is 9.34. The molecule has 0 radical (unpaired) electrons. The third-order valence-electron chi connectivity index (χ3n) is 2.98. The van der Waals surface area contributed by atoms with E-state index < -0.39 is 5.97 Å². The molecule has 5 heteroatoms. The minimum absolute atomic E-state index is 0.570. The molecule has 0 unspecified atom stereocenters. The molecule has 0 bridgehead atoms. The Kier molecular flexibility index (Phi) is 4.95. The molecule has 108 valence electrons. The first kappa shape index (κ1) is 15.1. The van der Waals surface area contributed by atoms with Gasteiger partial charge in [0, 0.05) is 42.8 Å². The first-order valence-electron chi connectivity index (χ1n) is 6.37. The van der Waals surface area contributed by atoms with Crippen LogP contribution in [-0.2, 0) is 11.3 Å². The van der Waals surface area contributed by atoms with E-state index in [1.807, 2.05) is 30.1 Å². The Morgan fingerprint density at radius 1 is 1.33 bits per heavy atom. The molecule has 1 N–H and O–H groups in total. The highest BCUT2D eigenvalue weighted by atomic mass is 35.5. The fraction of sp³-hybridized carbons (Fsp3) is 0.125. The van der Waals surface area contributed by atoms with Gasteiger partial charge in [-0.25, -0.2) is 4.79 Å². The largest absolute Gasteiger partial charge is 0.478 e. The van der Waals surface area contributed by atoms with Gasteiger partial charge in [0.15, 0.2) is 0 Å². The van der Waals surface area contributed by atoms with Crippen molar-refractivity contribution in [1.29, 1.82) is 0 Å². The third kappa shape index (κ3) is 4.33. The SMILES string of the molecule is CN(Cc1ccncc1)c1ccc(Cl)cc1/C=C/C(=O)O. The van der Waals surface area contributed by atoms with Gasteiger partial charge in [0.1, 0.15) is 0 Å². The van der Waals surface area contributed by atoms with Gasteiger partial charge >= 0.3 is 5.97 Å². The molecule has 21 heavy (non-hydrogen) atoms. The standard InChI is InChI=1S/C16H15ClN2O2/c1-19(11-12-6-8-18-9-7-12)15-4-3-14(17)10-13(15)2-5-16(20)21/h2-10H,11H2,1H3,(H,20,21)/b5-2+. The van der Waals surface area contributed by atoms with Crippen LogP contribution in [0, 0.1) is 0 Å². The Morgan fingerprint density at radius 2 is 2.05 bits per heavy atom. The predicted molar refractivity (Wildman–Crippen MR) is 84.5 cm³/mol. The molecule has 0 atom stereocenters. The van der Waals surface area contributed by atoms with Crippen molar-refractivity contribution in [2.75, 3.05) is 11.9 Å². The molecule has 0 aliphatic carbocycles. The van der Waals surface area contributed by atoms with Crippen LogP contribution in [0.3, 0.4) is 0 Å². The molecule has 0 saturated heterocycles. The molecule has 0 spiro atoms. The fourth-order valence-corrected chi connectivity index (χ4v) is 2.20. The maximum absolute atomic E-state index is 10.7. The van der Waals surface area contributed by atoms with E-state index >= 15 is 0 Å². The van der Waals surface area contributed by atoms with Gasteiger partial charge in [-0.2, -0.15) is 0 Å². The Bertz CT molecular complexity index is 657. The predicted octanol–water partition coefficient (Wildman–Crippen LogP) is 3.47. The van der Waals surface area contributed by atoms with Crippen molar-refractivity contribution in [3.63, 3.8) is 0 Å². The number of aliphatic carboxylic acids is 1. The van der Waals surface area contributed by atoms with Crippen molar-refractivity contribution in [2.24, 2.45) is 0 Å². The number of carbonyl (C=O) groups is 1. The molecule has 0 amide bonds. The van der Waals surface area contributed by atoms with Gasteiger partial charge in [0.25, 0.3) is 0 Å². The van der Waals surface area contributed by atoms with Crippen molar-refractivity contribution in [3.05, 3.63) is 65.0 Å². The zero-order chi connectivity index (χ0) is 15.2. The van der Waals surface area contributed by atoms with Gasteiger partial charge in [0.05, 0.1) is 0 Å². The molecule has 1 aromatic carbocycles. The summed E-state index contributed by atoms with van der Waals surface area (Å²) in [6.07, 6.45) is 6.15. The van der Waals surface area contributed by atoms with E-state index in [-0.39, 0.29) is 0 Å². The van der Waals surface area contributed by atoms with Gasteiger partial charge in [0.2, 0.25) is 0 Å². The van der Waals surface area contributed by atoms with Gasteiger partial charge < -0.3 is 10.0 Å². The number of hydrogen-bond donors (Lipinski definition) is 1. The number of benzene rings is 1. The van der Waals surface area contributed by atoms with E-state index in [1.54, 1.807) is 30.6 Å². The van der Waals surface area contributed by atoms with Crippen molar-refractivity contribution in [1.82, 2.24) is 4.98 Å². The normalized spacial score (nSPS) is 10.8. The number of aromatic nitrogens is 1. The molecule has 0 aliphatic rings. The lowest BCUT2D eigenvalue weighted by atomic mass is 10.1. The number of carboxylic acid groups (broad SMARTS) is 1. The van der Waals surface area contributed by atoms with Gasteiger partial charge in [-0.3, -0.25) is 4.98 Å². The van der Waals surface area contributed by atoms with Crippen molar-refractivity contribution in [3.8, 4) is 0 Å². The summed E-state index contributed by atoms with van der Waals surface area (Å²) in [6.45, 7) is 0.693. The Hall–Kier alpha value is -2.33. The highest BCUT2D eigenvalue weighted by Gasteiger charge is 2.07. The topological polar surface area (TPSA) is 53.4 Å². The fourth-order valence-electron chi connectivity index (χ4n) is 2.01. The quantitative estimate of drug-likeness (QED) is 0.859. The van der Waals surface area contributed by atoms with Crippen LogP contribution in [0.25, 0.3) is 6.08 Å². The molecule has 2 aromatic rings. The van der Waals surface area contributed by atoms with E-state index in [4.69, 9.17) is 16.7 Å². The van der Waals surface area contributed by atoms with Crippen molar-refractivity contribution in [2.45, 2.75) is 6.54 Å². The zero-order valence-corrected chi connectivity index (χ0v) is 12.3. The number of pyridine rings is 1. The molecule has 4 nitrogen and oxygen atoms in total. The van der Waals surface area contributed by atoms with Crippen LogP contribution >= 0.6 is 11.6 Å². The molecule has 0 saturated carbocycles. The van der Waals surface area contributed by atoms with Crippen LogP contribution in [-0.4, -0.2) is 23.1 Å². The summed E-state index contributed by atoms with van der Waals surface area (Å²) >= 11 is 5.99. The number of hydrogen-bond acceptors (Lipinski definition) is 3. The summed E-state index contributed by atoms with van der Waals surface area (Å²) in [4.78, 5) is 16.7. The Morgan fingerprint density at radius 3 is 2.71 bits per heavy atom. The summed E-state index contributed by atoms with van der Waals surface area (Å²) in [7, 11) is 1.95. The molecule has 2 rings (SSSR count). The van der Waals surface area contributed by atoms with E-state index in [0.717, 1.165) is 22.9 Å². The summed E-state index contributed by atoms with van der Waals surface area (Å²) in [5.41, 5.74) is 2.80. The highest BCUT2D eigenvalue weighted by molar-refractivity contribution is 6.30. The first-order chi connectivity index (χ1) is 10.1. The number of halogens is 1. The maximum atomic E-state index is 10.7. The lowest BCUT2D eigenvalue weighted by Gasteiger charge is -2.21. The molecule has 1 aromatic heterocycles. The zero-order valence-electron chi connectivity index (χ0n) is 11.5. The van der Waals surface area contributed by atoms with E-state index in [9.17, 15) is 4.79 Å². The minimum atomic E-state index is -0.988. The second-order valence-electron chi connectivity index (χ2n) is 4.59. The van der Waals surface area contributed by atoms with Crippen LogP contribution < -0.4 is 4.90 Å². The van der Waals surface area contributed by atoms with Gasteiger partial charge in [-0.15, -0.1) is 0 Å². The van der Waals surface area contributed by atoms with Crippen LogP contribution in [0.4, 0.5) is 5.69 Å². The lowest BCUT2D eigenvalue weighted by Crippen LogP contribution is -2.17. The summed E-state index contributed by atoms with van der Waals surface area (Å²) < 4.78 is 0. The lowest BCUT2D eigenvalue weighted by molar-refractivity contribution is -0.131. The first-order valence-corrected chi connectivity index (χ1v) is 6.74. The average Bonchev–Trinajstić information content (AvgIpc) is 2.46. The molecular formula is C16H15ClN2O2. The highest BCUT2D eigenvalue weighted by Crippen LogP contribution is 2.26. The molecule has 0 fully saturated rings. The van der Waals surface area contributed by atoms with Gasteiger partial charge in [-0.05, 0) is 47.5 Å². The maximum Gasteiger partial charge on any atom is 0.328 e.